The van der Waals surface area contributed by atoms with Crippen molar-refractivity contribution in [1.82, 2.24) is 4.90 Å². The number of benzene rings is 1. The van der Waals surface area contributed by atoms with Gasteiger partial charge < -0.3 is 10.6 Å². The lowest BCUT2D eigenvalue weighted by Crippen LogP contribution is -2.30. The minimum Gasteiger partial charge on any atom is -0.323 e. The van der Waals surface area contributed by atoms with Gasteiger partial charge in [-0.25, -0.2) is 0 Å². The molecule has 0 bridgehead atoms. The Balaban J connectivity index is 1.93. The molecule has 18 heavy (non-hydrogen) atoms. The van der Waals surface area contributed by atoms with Gasteiger partial charge in [-0.3, -0.25) is 0 Å². The normalized spacial score (nSPS) is 26.4. The topological polar surface area (TPSA) is 29.3 Å². The van der Waals surface area contributed by atoms with E-state index in [1.807, 2.05) is 0 Å². The van der Waals surface area contributed by atoms with Gasteiger partial charge >= 0.3 is 0 Å². The Bertz CT molecular complexity index is 361. The fourth-order valence-electron chi connectivity index (χ4n) is 2.78. The molecule has 100 valence electrons. The largest absolute Gasteiger partial charge is 0.323 e. The van der Waals surface area contributed by atoms with Crippen molar-refractivity contribution in [3.8, 4) is 0 Å². The summed E-state index contributed by atoms with van der Waals surface area (Å²) in [6.45, 7) is 10.2. The predicted molar refractivity (Wildman–Crippen MR) is 77.5 cm³/mol. The van der Waals surface area contributed by atoms with Gasteiger partial charge in [0.05, 0.1) is 0 Å². The van der Waals surface area contributed by atoms with E-state index in [0.717, 1.165) is 24.8 Å². The van der Waals surface area contributed by atoms with Crippen LogP contribution in [0.3, 0.4) is 0 Å². The molecule has 2 rings (SSSR count). The van der Waals surface area contributed by atoms with Crippen LogP contribution in [-0.4, -0.2) is 24.5 Å². The van der Waals surface area contributed by atoms with Gasteiger partial charge in [-0.05, 0) is 29.4 Å². The van der Waals surface area contributed by atoms with Gasteiger partial charge in [-0.1, -0.05) is 45.0 Å². The van der Waals surface area contributed by atoms with Crippen molar-refractivity contribution in [2.75, 3.05) is 19.6 Å². The highest BCUT2D eigenvalue weighted by Crippen LogP contribution is 2.24. The second kappa shape index (κ2) is 5.85. The summed E-state index contributed by atoms with van der Waals surface area (Å²) in [4.78, 5) is 2.51. The van der Waals surface area contributed by atoms with Crippen molar-refractivity contribution >= 4 is 0 Å². The van der Waals surface area contributed by atoms with Crippen LogP contribution in [0.4, 0.5) is 0 Å². The number of likely N-dealkylation sites (tertiary alicyclic amines) is 1. The quantitative estimate of drug-likeness (QED) is 0.885. The van der Waals surface area contributed by atoms with Crippen molar-refractivity contribution in [3.05, 3.63) is 35.4 Å². The van der Waals surface area contributed by atoms with Crippen molar-refractivity contribution in [3.63, 3.8) is 0 Å². The molecule has 2 N–H and O–H groups in total. The standard InChI is InChI=1S/C16H26N2/c1-4-14-5-7-15(8-6-14)16(17)11-18-9-12(2)13(3)10-18/h5-8,12-13,16H,4,9-11,17H2,1-3H3. The summed E-state index contributed by atoms with van der Waals surface area (Å²) >= 11 is 0. The van der Waals surface area contributed by atoms with E-state index in [1.165, 1.54) is 24.2 Å². The third-order valence-electron chi connectivity index (χ3n) is 4.33. The first-order valence-electron chi connectivity index (χ1n) is 7.17. The monoisotopic (exact) mass is 246 g/mol. The van der Waals surface area contributed by atoms with Gasteiger partial charge in [0.2, 0.25) is 0 Å². The summed E-state index contributed by atoms with van der Waals surface area (Å²) in [6.07, 6.45) is 1.09. The lowest BCUT2D eigenvalue weighted by molar-refractivity contribution is 0.303. The van der Waals surface area contributed by atoms with Crippen LogP contribution in [0.15, 0.2) is 24.3 Å². The Hall–Kier alpha value is -0.860. The summed E-state index contributed by atoms with van der Waals surface area (Å²) in [5.74, 6) is 1.61. The SMILES string of the molecule is CCc1ccc(C(N)CN2CC(C)C(C)C2)cc1. The molecule has 0 amide bonds. The van der Waals surface area contributed by atoms with Crippen LogP contribution in [0.2, 0.25) is 0 Å². The van der Waals surface area contributed by atoms with E-state index in [2.05, 4.69) is 49.9 Å². The third kappa shape index (κ3) is 3.12. The summed E-state index contributed by atoms with van der Waals surface area (Å²) < 4.78 is 0. The zero-order chi connectivity index (χ0) is 13.1. The number of rotatable bonds is 4. The molecule has 0 saturated carbocycles. The van der Waals surface area contributed by atoms with E-state index in [0.29, 0.717) is 0 Å². The van der Waals surface area contributed by atoms with Gasteiger partial charge in [-0.2, -0.15) is 0 Å². The van der Waals surface area contributed by atoms with Gasteiger partial charge in [0.15, 0.2) is 0 Å². The van der Waals surface area contributed by atoms with Crippen LogP contribution in [0.25, 0.3) is 0 Å². The molecule has 3 atom stereocenters. The highest BCUT2D eigenvalue weighted by atomic mass is 15.2. The highest BCUT2D eigenvalue weighted by molar-refractivity contribution is 5.25. The lowest BCUT2D eigenvalue weighted by Gasteiger charge is -2.21. The molecule has 1 saturated heterocycles. The first kappa shape index (κ1) is 13.6. The minimum absolute atomic E-state index is 0.147. The van der Waals surface area contributed by atoms with Crippen molar-refractivity contribution in [1.29, 1.82) is 0 Å². The maximum Gasteiger partial charge on any atom is 0.0424 e. The van der Waals surface area contributed by atoms with Crippen molar-refractivity contribution in [2.24, 2.45) is 17.6 Å². The molecular formula is C16H26N2. The minimum atomic E-state index is 0.147. The zero-order valence-corrected chi connectivity index (χ0v) is 11.9. The summed E-state index contributed by atoms with van der Waals surface area (Å²) in [6, 6.07) is 8.92. The second-order valence-electron chi connectivity index (χ2n) is 5.87. The molecule has 1 aromatic carbocycles. The third-order valence-corrected chi connectivity index (χ3v) is 4.33. The number of aryl methyl sites for hydroxylation is 1. The molecule has 1 aromatic rings. The Kier molecular flexibility index (Phi) is 4.41. The van der Waals surface area contributed by atoms with E-state index in [1.54, 1.807) is 0 Å². The second-order valence-corrected chi connectivity index (χ2v) is 5.87. The Morgan fingerprint density at radius 2 is 1.72 bits per heavy atom. The van der Waals surface area contributed by atoms with E-state index in [9.17, 15) is 0 Å². The summed E-state index contributed by atoms with van der Waals surface area (Å²) in [5.41, 5.74) is 8.96. The number of nitrogens with two attached hydrogens (primary N) is 1. The molecule has 2 heteroatoms. The smallest absolute Gasteiger partial charge is 0.0424 e. The zero-order valence-electron chi connectivity index (χ0n) is 11.9. The van der Waals surface area contributed by atoms with E-state index in [4.69, 9.17) is 5.73 Å². The van der Waals surface area contributed by atoms with Crippen LogP contribution in [0, 0.1) is 11.8 Å². The van der Waals surface area contributed by atoms with Crippen LogP contribution in [0.5, 0.6) is 0 Å². The van der Waals surface area contributed by atoms with E-state index >= 15 is 0 Å². The molecule has 3 unspecified atom stereocenters. The fraction of sp³-hybridized carbons (Fsp3) is 0.625. The average Bonchev–Trinajstić information content (AvgIpc) is 2.68. The highest BCUT2D eigenvalue weighted by Gasteiger charge is 2.26. The van der Waals surface area contributed by atoms with E-state index in [-0.39, 0.29) is 6.04 Å². The molecule has 2 nitrogen and oxygen atoms in total. The molecule has 0 spiro atoms. The molecule has 0 aliphatic carbocycles. The average molecular weight is 246 g/mol. The van der Waals surface area contributed by atoms with Crippen molar-refractivity contribution < 1.29 is 0 Å². The van der Waals surface area contributed by atoms with Gasteiger partial charge in [0.1, 0.15) is 0 Å². The fourth-order valence-corrected chi connectivity index (χ4v) is 2.78. The number of hydrogen-bond donors (Lipinski definition) is 1. The lowest BCUT2D eigenvalue weighted by atomic mass is 10.0. The number of nitrogens with zero attached hydrogens (tertiary/aromatic N) is 1. The van der Waals surface area contributed by atoms with E-state index < -0.39 is 0 Å². The predicted octanol–water partition coefficient (Wildman–Crippen LogP) is 2.84. The molecule has 1 aliphatic heterocycles. The van der Waals surface area contributed by atoms with Crippen LogP contribution < -0.4 is 5.73 Å². The molecule has 0 aromatic heterocycles. The molecule has 1 fully saturated rings. The van der Waals surface area contributed by atoms with Gasteiger partial charge in [0, 0.05) is 25.7 Å². The molecular weight excluding hydrogens is 220 g/mol. The van der Waals surface area contributed by atoms with Crippen molar-refractivity contribution in [2.45, 2.75) is 33.2 Å². The number of hydrogen-bond acceptors (Lipinski definition) is 2. The Morgan fingerprint density at radius 3 is 2.22 bits per heavy atom. The van der Waals surface area contributed by atoms with Crippen LogP contribution in [-0.2, 0) is 6.42 Å². The molecule has 0 radical (unpaired) electrons. The Morgan fingerprint density at radius 1 is 1.17 bits per heavy atom. The maximum absolute atomic E-state index is 6.32. The summed E-state index contributed by atoms with van der Waals surface area (Å²) in [7, 11) is 0. The maximum atomic E-state index is 6.32. The molecule has 1 aliphatic rings. The van der Waals surface area contributed by atoms with Crippen LogP contribution in [0.1, 0.15) is 37.9 Å². The summed E-state index contributed by atoms with van der Waals surface area (Å²) in [5, 5.41) is 0. The van der Waals surface area contributed by atoms with Crippen LogP contribution >= 0.6 is 0 Å². The molecule has 1 heterocycles. The van der Waals surface area contributed by atoms with Gasteiger partial charge in [0.25, 0.3) is 0 Å². The van der Waals surface area contributed by atoms with Gasteiger partial charge in [-0.15, -0.1) is 0 Å². The first-order valence-corrected chi connectivity index (χ1v) is 7.17. The Labute approximate surface area is 111 Å². The first-order chi connectivity index (χ1) is 8.60.